The third-order valence-corrected chi connectivity index (χ3v) is 14.0. The molecule has 2 fully saturated rings. The van der Waals surface area contributed by atoms with Crippen LogP contribution in [0.2, 0.25) is 0 Å². The summed E-state index contributed by atoms with van der Waals surface area (Å²) in [6.07, 6.45) is 7.15. The molecule has 0 spiro atoms. The Morgan fingerprint density at radius 1 is 0.840 bits per heavy atom. The second-order valence-electron chi connectivity index (χ2n) is 19.2. The first kappa shape index (κ1) is 56.1. The van der Waals surface area contributed by atoms with Gasteiger partial charge >= 0.3 is 5.97 Å². The van der Waals surface area contributed by atoms with Crippen LogP contribution in [0, 0.1) is 5.92 Å². The number of imide groups is 2. The van der Waals surface area contributed by atoms with E-state index in [-0.39, 0.29) is 101 Å². The van der Waals surface area contributed by atoms with E-state index < -0.39 is 47.5 Å². The second kappa shape index (κ2) is 25.5. The number of benzene rings is 2. The maximum absolute atomic E-state index is 14.3. The molecule has 1 unspecified atom stereocenters. The van der Waals surface area contributed by atoms with Crippen LogP contribution in [0.25, 0.3) is 11.4 Å². The summed E-state index contributed by atoms with van der Waals surface area (Å²) in [5, 5.41) is 18.8. The highest BCUT2D eigenvalue weighted by molar-refractivity contribution is 6.13. The first-order valence-electron chi connectivity index (χ1n) is 26.4. The number of methoxy groups -OCH3 is 1. The predicted octanol–water partition coefficient (Wildman–Crippen LogP) is 2.24. The van der Waals surface area contributed by atoms with E-state index in [1.807, 2.05) is 12.1 Å². The van der Waals surface area contributed by atoms with E-state index in [9.17, 15) is 43.2 Å². The minimum absolute atomic E-state index is 0.00171. The van der Waals surface area contributed by atoms with Crippen molar-refractivity contribution in [2.75, 3.05) is 88.3 Å². The first-order valence-corrected chi connectivity index (χ1v) is 26.4. The van der Waals surface area contributed by atoms with Crippen molar-refractivity contribution in [1.82, 2.24) is 55.4 Å². The lowest BCUT2D eigenvalue weighted by Gasteiger charge is -2.38. The Labute approximate surface area is 464 Å². The van der Waals surface area contributed by atoms with Gasteiger partial charge in [0.1, 0.15) is 29.6 Å². The van der Waals surface area contributed by atoms with E-state index in [0.717, 1.165) is 16.2 Å². The number of carbonyl (C=O) groups excluding carboxylic acids is 9. The van der Waals surface area contributed by atoms with Crippen molar-refractivity contribution >= 4 is 81.9 Å². The van der Waals surface area contributed by atoms with Crippen LogP contribution in [0.1, 0.15) is 69.2 Å². The number of nitrogens with one attached hydrogen (secondary N) is 5. The number of hydrogen-bond acceptors (Lipinski definition) is 19. The monoisotopic (exact) mass is 1110 g/mol. The number of pyridine rings is 2. The molecule has 2 aromatic carbocycles. The number of aromatic nitrogens is 5. The highest BCUT2D eigenvalue weighted by atomic mass is 16.5. The van der Waals surface area contributed by atoms with Crippen LogP contribution in [-0.4, -0.2) is 171 Å². The standard InChI is InChI=1S/C55H60N14O12/c1-4-81-55(78)37-30-58-44(27-40(37)61-39-9-5-8-36(49(39)79-3)50-60-32-65(2)64-50)62-43-13-11-33(28-57-43)51(74)56-19-17-34(29-59-45(70)18-25-80-26-24-68-47(72)15-16-48(68)73)53(76)67-22-20-66(21-23-67)41-10-6-7-35-38(41)31-69(54(35)77)42-12-14-46(71)63-52(42)75/h5-11,13,15-16,27-28,30,32,34,42H,4,12,14,17-26,29,31H2,1-3H3,(H,56,74)(H,59,70)(H,63,71,75)(H2,57,58,61,62)/t34-,42?/m1/s1. The van der Waals surface area contributed by atoms with E-state index in [1.165, 1.54) is 36.6 Å². The van der Waals surface area contributed by atoms with Gasteiger partial charge in [-0.25, -0.2) is 19.7 Å². The molecule has 0 bridgehead atoms. The summed E-state index contributed by atoms with van der Waals surface area (Å²) in [4.78, 5) is 135. The van der Waals surface area contributed by atoms with Gasteiger partial charge in [0.2, 0.25) is 23.6 Å². The molecule has 3 aromatic heterocycles. The van der Waals surface area contributed by atoms with Gasteiger partial charge in [0.15, 0.2) is 11.6 Å². The first-order chi connectivity index (χ1) is 39.2. The number of piperidine rings is 1. The number of hydrogen-bond donors (Lipinski definition) is 5. The molecule has 7 heterocycles. The topological polar surface area (TPSA) is 311 Å². The van der Waals surface area contributed by atoms with E-state index in [2.05, 4.69) is 51.5 Å². The van der Waals surface area contributed by atoms with Crippen molar-refractivity contribution in [3.05, 3.63) is 108 Å². The van der Waals surface area contributed by atoms with Crippen LogP contribution in [0.5, 0.6) is 5.75 Å². The van der Waals surface area contributed by atoms with Gasteiger partial charge < -0.3 is 50.2 Å². The lowest BCUT2D eigenvalue weighted by Crippen LogP contribution is -2.52. The van der Waals surface area contributed by atoms with Crippen LogP contribution in [0.15, 0.2) is 85.5 Å². The summed E-state index contributed by atoms with van der Waals surface area (Å²) >= 11 is 0. The van der Waals surface area contributed by atoms with Crippen molar-refractivity contribution in [1.29, 1.82) is 0 Å². The van der Waals surface area contributed by atoms with Crippen LogP contribution >= 0.6 is 0 Å². The van der Waals surface area contributed by atoms with Gasteiger partial charge in [-0.3, -0.25) is 53.3 Å². The van der Waals surface area contributed by atoms with E-state index >= 15 is 0 Å². The fourth-order valence-corrected chi connectivity index (χ4v) is 9.84. The second-order valence-corrected chi connectivity index (χ2v) is 19.2. The number of esters is 1. The molecule has 4 aliphatic heterocycles. The largest absolute Gasteiger partial charge is 0.494 e. The SMILES string of the molecule is CCOC(=O)c1cnc(Nc2ccc(C(=O)NCC[C@H](CNC(=O)CCOCCN3C(=O)C=CC3=O)C(=O)N3CCN(c4cccc5c4CN(C4CCC(=O)NC4=O)C5=O)CC3)cn2)cc1Nc1cccc(-c2ncn(C)n2)c1OC. The zero-order valence-corrected chi connectivity index (χ0v) is 44.8. The van der Waals surface area contributed by atoms with Crippen molar-refractivity contribution in [3.8, 4) is 17.1 Å². The molecule has 9 rings (SSSR count). The van der Waals surface area contributed by atoms with Crippen LogP contribution in [-0.2, 0) is 51.8 Å². The van der Waals surface area contributed by atoms with Crippen LogP contribution in [0.3, 0.4) is 0 Å². The number of aryl methyl sites for hydroxylation is 1. The molecule has 422 valence electrons. The molecule has 5 aromatic rings. The van der Waals surface area contributed by atoms with Crippen molar-refractivity contribution in [3.63, 3.8) is 0 Å². The zero-order chi connectivity index (χ0) is 57.2. The minimum atomic E-state index is -0.762. The smallest absolute Gasteiger partial charge is 0.341 e. The Hall–Kier alpha value is -9.59. The van der Waals surface area contributed by atoms with Gasteiger partial charge in [-0.05, 0) is 56.2 Å². The van der Waals surface area contributed by atoms with Crippen molar-refractivity contribution < 1.29 is 57.4 Å². The number of nitrogens with zero attached hydrogens (tertiary/aromatic N) is 9. The summed E-state index contributed by atoms with van der Waals surface area (Å²) in [5.41, 5.74) is 3.91. The summed E-state index contributed by atoms with van der Waals surface area (Å²) < 4.78 is 18.2. The molecular formula is C55H60N14O12. The summed E-state index contributed by atoms with van der Waals surface area (Å²) in [5.74, 6) is -2.96. The number of anilines is 5. The third-order valence-electron chi connectivity index (χ3n) is 14.0. The number of fused-ring (bicyclic) bond motifs is 1. The maximum atomic E-state index is 14.3. The predicted molar refractivity (Wildman–Crippen MR) is 290 cm³/mol. The van der Waals surface area contributed by atoms with Crippen LogP contribution < -0.4 is 36.2 Å². The van der Waals surface area contributed by atoms with Gasteiger partial charge in [0, 0.05) is 113 Å². The Bertz CT molecular complexity index is 3270. The molecule has 81 heavy (non-hydrogen) atoms. The van der Waals surface area contributed by atoms with Crippen molar-refractivity contribution in [2.24, 2.45) is 13.0 Å². The summed E-state index contributed by atoms with van der Waals surface area (Å²) in [7, 11) is 3.27. The fraction of sp³-hybridized carbons (Fsp3) is 0.364. The number of ether oxygens (including phenoxy) is 3. The number of amides is 8. The normalized spacial score (nSPS) is 16.3. The van der Waals surface area contributed by atoms with Crippen molar-refractivity contribution in [2.45, 2.75) is 45.2 Å². The molecule has 4 aliphatic rings. The third kappa shape index (κ3) is 13.1. The molecule has 0 aliphatic carbocycles. The molecule has 26 nitrogen and oxygen atoms in total. The number of carbonyl (C=O) groups is 9. The number of rotatable bonds is 23. The average Bonchev–Trinajstić information content (AvgIpc) is 4.27. The Morgan fingerprint density at radius 2 is 1.60 bits per heavy atom. The highest BCUT2D eigenvalue weighted by Gasteiger charge is 2.41. The Balaban J connectivity index is 0.820. The van der Waals surface area contributed by atoms with Crippen LogP contribution in [0.4, 0.5) is 28.7 Å². The molecule has 2 saturated heterocycles. The molecule has 26 heteroatoms. The lowest BCUT2D eigenvalue weighted by atomic mass is 10.0. The molecule has 8 amide bonds. The quantitative estimate of drug-likeness (QED) is 0.0356. The molecule has 2 atom stereocenters. The van der Waals surface area contributed by atoms with Gasteiger partial charge in [-0.15, -0.1) is 0 Å². The molecule has 0 saturated carbocycles. The zero-order valence-electron chi connectivity index (χ0n) is 44.8. The highest BCUT2D eigenvalue weighted by Crippen LogP contribution is 2.38. The fourth-order valence-electron chi connectivity index (χ4n) is 9.84. The summed E-state index contributed by atoms with van der Waals surface area (Å²) in [6.45, 7) is 3.60. The van der Waals surface area contributed by atoms with E-state index in [4.69, 9.17) is 14.2 Å². The number of piperazine rings is 1. The molecule has 5 N–H and O–H groups in total. The lowest BCUT2D eigenvalue weighted by molar-refractivity contribution is -0.139. The molecule has 0 radical (unpaired) electrons. The van der Waals surface area contributed by atoms with E-state index in [0.29, 0.717) is 71.9 Å². The minimum Gasteiger partial charge on any atom is -0.494 e. The van der Waals surface area contributed by atoms with Gasteiger partial charge in [-0.2, -0.15) is 5.10 Å². The maximum Gasteiger partial charge on any atom is 0.341 e. The Kier molecular flexibility index (Phi) is 17.7. The van der Waals surface area contributed by atoms with Gasteiger partial charge in [0.05, 0.1) is 61.9 Å². The summed E-state index contributed by atoms with van der Waals surface area (Å²) in [6, 6.07) is 14.8. The van der Waals surface area contributed by atoms with Gasteiger partial charge in [-0.1, -0.05) is 12.1 Å². The molecular weight excluding hydrogens is 1050 g/mol. The number of para-hydroxylation sites is 1. The Morgan fingerprint density at radius 3 is 2.32 bits per heavy atom. The van der Waals surface area contributed by atoms with E-state index in [1.54, 1.807) is 72.3 Å². The van der Waals surface area contributed by atoms with Gasteiger partial charge in [0.25, 0.3) is 23.6 Å². The average molecular weight is 1110 g/mol.